The minimum Gasteiger partial charge on any atom is -0.469 e. The van der Waals surface area contributed by atoms with Crippen LogP contribution in [0.3, 0.4) is 0 Å². The van der Waals surface area contributed by atoms with E-state index in [0.29, 0.717) is 18.4 Å². The van der Waals surface area contributed by atoms with Crippen LogP contribution in [0.1, 0.15) is 57.8 Å². The van der Waals surface area contributed by atoms with Crippen LogP contribution in [-0.2, 0) is 9.53 Å². The van der Waals surface area contributed by atoms with Crippen molar-refractivity contribution in [1.29, 1.82) is 0 Å². The predicted octanol–water partition coefficient (Wildman–Crippen LogP) is 2.87. The molecule has 0 amide bonds. The number of nitrogens with two attached hydrogens (primary N) is 1. The molecule has 2 rings (SSSR count). The van der Waals surface area contributed by atoms with Gasteiger partial charge in [0.15, 0.2) is 0 Å². The third-order valence-corrected chi connectivity index (χ3v) is 5.06. The normalized spacial score (nSPS) is 37.2. The SMILES string of the molecule is COC(=O)CC1CCC(C2CCC(N)CC2)CC1. The molecule has 3 heteroatoms. The summed E-state index contributed by atoms with van der Waals surface area (Å²) in [5.74, 6) is 2.33. The van der Waals surface area contributed by atoms with Crippen LogP contribution >= 0.6 is 0 Å². The lowest BCUT2D eigenvalue weighted by atomic mass is 9.70. The number of hydrogen-bond acceptors (Lipinski definition) is 3. The fraction of sp³-hybridized carbons (Fsp3) is 0.933. The molecule has 0 saturated heterocycles. The fourth-order valence-electron chi connectivity index (χ4n) is 3.80. The van der Waals surface area contributed by atoms with Crippen LogP contribution < -0.4 is 5.73 Å². The van der Waals surface area contributed by atoms with Gasteiger partial charge in [0.1, 0.15) is 0 Å². The van der Waals surface area contributed by atoms with E-state index in [4.69, 9.17) is 10.5 Å². The molecule has 0 unspecified atom stereocenters. The maximum Gasteiger partial charge on any atom is 0.305 e. The third kappa shape index (κ3) is 3.71. The maximum absolute atomic E-state index is 11.3. The van der Waals surface area contributed by atoms with Crippen molar-refractivity contribution in [2.24, 2.45) is 23.5 Å². The molecule has 0 spiro atoms. The zero-order valence-corrected chi connectivity index (χ0v) is 11.6. The highest BCUT2D eigenvalue weighted by molar-refractivity contribution is 5.69. The summed E-state index contributed by atoms with van der Waals surface area (Å²) in [6.45, 7) is 0. The quantitative estimate of drug-likeness (QED) is 0.787. The lowest BCUT2D eigenvalue weighted by Crippen LogP contribution is -2.31. The molecule has 0 heterocycles. The Morgan fingerprint density at radius 3 is 2.00 bits per heavy atom. The molecule has 0 bridgehead atoms. The van der Waals surface area contributed by atoms with Gasteiger partial charge in [-0.05, 0) is 69.1 Å². The highest BCUT2D eigenvalue weighted by Gasteiger charge is 2.30. The van der Waals surface area contributed by atoms with Crippen LogP contribution in [0.15, 0.2) is 0 Å². The van der Waals surface area contributed by atoms with Gasteiger partial charge in [0.05, 0.1) is 7.11 Å². The van der Waals surface area contributed by atoms with Gasteiger partial charge in [0, 0.05) is 12.5 Å². The van der Waals surface area contributed by atoms with Crippen LogP contribution in [0, 0.1) is 17.8 Å². The molecule has 104 valence electrons. The highest BCUT2D eigenvalue weighted by Crippen LogP contribution is 2.40. The van der Waals surface area contributed by atoms with Crippen molar-refractivity contribution in [2.45, 2.75) is 63.8 Å². The summed E-state index contributed by atoms with van der Waals surface area (Å²) in [6, 6.07) is 0.455. The number of carbonyl (C=O) groups is 1. The monoisotopic (exact) mass is 253 g/mol. The first kappa shape index (κ1) is 13.9. The Kier molecular flexibility index (Phi) is 5.04. The zero-order valence-electron chi connectivity index (χ0n) is 11.6. The Bertz CT molecular complexity index is 264. The van der Waals surface area contributed by atoms with Crippen LogP contribution in [0.25, 0.3) is 0 Å². The van der Waals surface area contributed by atoms with E-state index >= 15 is 0 Å². The van der Waals surface area contributed by atoms with Crippen LogP contribution in [0.4, 0.5) is 0 Å². The van der Waals surface area contributed by atoms with E-state index in [1.54, 1.807) is 0 Å². The van der Waals surface area contributed by atoms with Crippen molar-refractivity contribution in [1.82, 2.24) is 0 Å². The van der Waals surface area contributed by atoms with Crippen molar-refractivity contribution >= 4 is 5.97 Å². The number of carbonyl (C=O) groups excluding carboxylic acids is 1. The molecule has 0 atom stereocenters. The van der Waals surface area contributed by atoms with E-state index in [1.165, 1.54) is 58.5 Å². The summed E-state index contributed by atoms with van der Waals surface area (Å²) >= 11 is 0. The van der Waals surface area contributed by atoms with E-state index < -0.39 is 0 Å². The summed E-state index contributed by atoms with van der Waals surface area (Å²) < 4.78 is 4.76. The average molecular weight is 253 g/mol. The zero-order chi connectivity index (χ0) is 13.0. The average Bonchev–Trinajstić information content (AvgIpc) is 2.40. The second-order valence-corrected chi connectivity index (χ2v) is 6.24. The smallest absolute Gasteiger partial charge is 0.305 e. The van der Waals surface area contributed by atoms with Gasteiger partial charge < -0.3 is 10.5 Å². The molecule has 0 aromatic carbocycles. The second-order valence-electron chi connectivity index (χ2n) is 6.24. The van der Waals surface area contributed by atoms with Crippen molar-refractivity contribution in [3.05, 3.63) is 0 Å². The minimum atomic E-state index is -0.0397. The molecule has 0 aromatic heterocycles. The number of esters is 1. The van der Waals surface area contributed by atoms with Crippen LogP contribution in [0.5, 0.6) is 0 Å². The van der Waals surface area contributed by atoms with Gasteiger partial charge in [-0.2, -0.15) is 0 Å². The molecule has 0 radical (unpaired) electrons. The van der Waals surface area contributed by atoms with Crippen LogP contribution in [0.2, 0.25) is 0 Å². The molecule has 3 nitrogen and oxygen atoms in total. The van der Waals surface area contributed by atoms with E-state index in [-0.39, 0.29) is 5.97 Å². The lowest BCUT2D eigenvalue weighted by molar-refractivity contribution is -0.142. The summed E-state index contributed by atoms with van der Waals surface area (Å²) in [6.07, 6.45) is 10.7. The van der Waals surface area contributed by atoms with Gasteiger partial charge in [0.25, 0.3) is 0 Å². The Balaban J connectivity index is 1.71. The van der Waals surface area contributed by atoms with Crippen molar-refractivity contribution in [3.63, 3.8) is 0 Å². The minimum absolute atomic E-state index is 0.0397. The van der Waals surface area contributed by atoms with Crippen molar-refractivity contribution < 1.29 is 9.53 Å². The number of ether oxygens (including phenoxy) is 1. The molecule has 18 heavy (non-hydrogen) atoms. The fourth-order valence-corrected chi connectivity index (χ4v) is 3.80. The first-order valence-electron chi connectivity index (χ1n) is 7.51. The lowest BCUT2D eigenvalue weighted by Gasteiger charge is -2.37. The molecule has 2 aliphatic carbocycles. The van der Waals surface area contributed by atoms with E-state index in [9.17, 15) is 4.79 Å². The van der Waals surface area contributed by atoms with Gasteiger partial charge in [-0.3, -0.25) is 4.79 Å². The summed E-state index contributed by atoms with van der Waals surface area (Å²) in [5, 5.41) is 0. The Morgan fingerprint density at radius 1 is 1.00 bits per heavy atom. The van der Waals surface area contributed by atoms with Gasteiger partial charge >= 0.3 is 5.97 Å². The van der Waals surface area contributed by atoms with E-state index in [2.05, 4.69) is 0 Å². The second kappa shape index (κ2) is 6.55. The molecule has 0 aliphatic heterocycles. The predicted molar refractivity (Wildman–Crippen MR) is 72.0 cm³/mol. The van der Waals surface area contributed by atoms with Gasteiger partial charge in [-0.15, -0.1) is 0 Å². The maximum atomic E-state index is 11.3. The topological polar surface area (TPSA) is 52.3 Å². The number of hydrogen-bond donors (Lipinski definition) is 1. The number of methoxy groups -OCH3 is 1. The van der Waals surface area contributed by atoms with E-state index in [1.807, 2.05) is 0 Å². The van der Waals surface area contributed by atoms with E-state index in [0.717, 1.165) is 11.8 Å². The molecule has 2 aliphatic rings. The first-order chi connectivity index (χ1) is 8.69. The Morgan fingerprint density at radius 2 is 1.50 bits per heavy atom. The molecule has 2 N–H and O–H groups in total. The summed E-state index contributed by atoms with van der Waals surface area (Å²) in [4.78, 5) is 11.3. The van der Waals surface area contributed by atoms with Gasteiger partial charge in [-0.25, -0.2) is 0 Å². The summed E-state index contributed by atoms with van der Waals surface area (Å²) in [5.41, 5.74) is 5.97. The molecule has 2 saturated carbocycles. The Hall–Kier alpha value is -0.570. The van der Waals surface area contributed by atoms with Gasteiger partial charge in [0.2, 0.25) is 0 Å². The first-order valence-corrected chi connectivity index (χ1v) is 7.51. The molecular formula is C15H27NO2. The molecule has 2 fully saturated rings. The van der Waals surface area contributed by atoms with Crippen molar-refractivity contribution in [3.8, 4) is 0 Å². The highest BCUT2D eigenvalue weighted by atomic mass is 16.5. The molecule has 0 aromatic rings. The van der Waals surface area contributed by atoms with Crippen LogP contribution in [-0.4, -0.2) is 19.1 Å². The molecular weight excluding hydrogens is 226 g/mol. The Labute approximate surface area is 110 Å². The van der Waals surface area contributed by atoms with Crippen molar-refractivity contribution in [2.75, 3.05) is 7.11 Å². The third-order valence-electron chi connectivity index (χ3n) is 5.06. The standard InChI is InChI=1S/C15H27NO2/c1-18-15(17)10-11-2-4-12(5-3-11)13-6-8-14(16)9-7-13/h11-14H,2-10,16H2,1H3. The number of rotatable bonds is 3. The summed E-state index contributed by atoms with van der Waals surface area (Å²) in [7, 11) is 1.49. The largest absolute Gasteiger partial charge is 0.469 e. The van der Waals surface area contributed by atoms with Gasteiger partial charge in [-0.1, -0.05) is 0 Å².